The first-order valence-corrected chi connectivity index (χ1v) is 11.3. The Kier molecular flexibility index (Phi) is 9.07. The number of halogens is 2. The highest BCUT2D eigenvalue weighted by molar-refractivity contribution is 5.99. The highest BCUT2D eigenvalue weighted by Gasteiger charge is 2.26. The number of carbonyl (C=O) groups excluding carboxylic acids is 3. The van der Waals surface area contributed by atoms with Crippen molar-refractivity contribution in [3.63, 3.8) is 0 Å². The third-order valence-corrected chi connectivity index (χ3v) is 5.77. The van der Waals surface area contributed by atoms with Crippen LogP contribution < -0.4 is 15.0 Å². The number of urea groups is 1. The fourth-order valence-corrected chi connectivity index (χ4v) is 3.67. The molecule has 1 saturated heterocycles. The van der Waals surface area contributed by atoms with Gasteiger partial charge in [-0.2, -0.15) is 8.78 Å². The molecule has 1 fully saturated rings. The summed E-state index contributed by atoms with van der Waals surface area (Å²) in [5, 5.41) is 1.88. The number of ether oxygens (including phenoxy) is 1. The van der Waals surface area contributed by atoms with E-state index in [2.05, 4.69) is 16.8 Å². The number of Topliss-reactive ketones (excluding diaryl/α,β-unsaturated/α-hetero) is 1. The molecule has 0 unspecified atom stereocenters. The predicted molar refractivity (Wildman–Crippen MR) is 126 cm³/mol. The van der Waals surface area contributed by atoms with E-state index >= 15 is 0 Å². The highest BCUT2D eigenvalue weighted by atomic mass is 19.3. The second-order valence-electron chi connectivity index (χ2n) is 7.97. The number of likely N-dealkylation sites (N-methyl/N-ethyl adjacent to an activating group) is 1. The summed E-state index contributed by atoms with van der Waals surface area (Å²) in [5.74, 6) is -1.45. The van der Waals surface area contributed by atoms with Gasteiger partial charge in [-0.05, 0) is 30.8 Å². The fraction of sp³-hybridized carbons (Fsp3) is 0.417. The minimum Gasteiger partial charge on any atom is -0.497 e. The van der Waals surface area contributed by atoms with Gasteiger partial charge in [0, 0.05) is 49.7 Å². The van der Waals surface area contributed by atoms with Crippen LogP contribution in [0.4, 0.5) is 19.3 Å². The summed E-state index contributed by atoms with van der Waals surface area (Å²) in [7, 11) is 1.55. The fourth-order valence-electron chi connectivity index (χ4n) is 3.67. The quantitative estimate of drug-likeness (QED) is 0.544. The molecule has 188 valence electrons. The number of benzene rings is 1. The van der Waals surface area contributed by atoms with Gasteiger partial charge in [0.05, 0.1) is 25.9 Å². The lowest BCUT2D eigenvalue weighted by molar-refractivity contribution is -0.131. The molecule has 0 radical (unpaired) electrons. The zero-order valence-corrected chi connectivity index (χ0v) is 19.7. The third kappa shape index (κ3) is 6.95. The normalized spacial score (nSPS) is 14.0. The molecule has 2 heterocycles. The molecule has 3 amide bonds. The predicted octanol–water partition coefficient (Wildman–Crippen LogP) is 2.42. The van der Waals surface area contributed by atoms with Gasteiger partial charge in [0.2, 0.25) is 0 Å². The number of methoxy groups -OCH3 is 1. The summed E-state index contributed by atoms with van der Waals surface area (Å²) >= 11 is 0. The monoisotopic (exact) mass is 489 g/mol. The number of carbonyl (C=O) groups is 3. The maximum absolute atomic E-state index is 13.5. The first-order valence-electron chi connectivity index (χ1n) is 11.3. The van der Waals surface area contributed by atoms with Crippen LogP contribution in [-0.4, -0.2) is 85.3 Å². The second kappa shape index (κ2) is 12.2. The molecule has 0 bridgehead atoms. The Hall–Kier alpha value is -3.60. The number of nitrogens with zero attached hydrogens (tertiary/aromatic N) is 4. The second-order valence-corrected chi connectivity index (χ2v) is 7.97. The lowest BCUT2D eigenvalue weighted by atomic mass is 10.1. The number of pyridine rings is 1. The summed E-state index contributed by atoms with van der Waals surface area (Å²) in [6, 6.07) is 10.1. The van der Waals surface area contributed by atoms with Gasteiger partial charge in [-0.25, -0.2) is 4.79 Å². The molecular formula is C24H29F2N5O4. The van der Waals surface area contributed by atoms with Crippen LogP contribution in [0.25, 0.3) is 0 Å². The Morgan fingerprint density at radius 3 is 2.49 bits per heavy atom. The van der Waals surface area contributed by atoms with E-state index in [0.717, 1.165) is 19.6 Å². The van der Waals surface area contributed by atoms with Gasteiger partial charge < -0.3 is 19.9 Å². The number of ketones is 1. The van der Waals surface area contributed by atoms with Crippen molar-refractivity contribution in [2.45, 2.75) is 19.9 Å². The molecule has 1 aromatic carbocycles. The average Bonchev–Trinajstić information content (AvgIpc) is 2.90. The summed E-state index contributed by atoms with van der Waals surface area (Å²) in [6.45, 7) is 5.43. The van der Waals surface area contributed by atoms with Crippen LogP contribution in [0.2, 0.25) is 0 Å². The van der Waals surface area contributed by atoms with Gasteiger partial charge in [-0.15, -0.1) is 0 Å². The summed E-state index contributed by atoms with van der Waals surface area (Å²) in [5.41, 5.74) is 1.34. The van der Waals surface area contributed by atoms with Crippen LogP contribution in [0.5, 0.6) is 5.75 Å². The van der Waals surface area contributed by atoms with Crippen molar-refractivity contribution in [3.05, 3.63) is 53.9 Å². The molecule has 0 atom stereocenters. The van der Waals surface area contributed by atoms with Gasteiger partial charge in [-0.3, -0.25) is 19.5 Å². The molecule has 1 aliphatic rings. The van der Waals surface area contributed by atoms with Crippen molar-refractivity contribution in [1.82, 2.24) is 20.1 Å². The molecule has 2 aromatic rings. The summed E-state index contributed by atoms with van der Waals surface area (Å²) < 4.78 is 29.9. The SMILES string of the molecule is CCN1CCN(C(=O)N(Cc2ccc(C(=O)CNC(=O)C(F)F)cn2)c2cccc(OC)c2)CC1. The maximum atomic E-state index is 13.5. The smallest absolute Gasteiger partial charge is 0.324 e. The van der Waals surface area contributed by atoms with E-state index in [4.69, 9.17) is 4.74 Å². The topological polar surface area (TPSA) is 95.1 Å². The minimum absolute atomic E-state index is 0.149. The van der Waals surface area contributed by atoms with Crippen molar-refractivity contribution < 1.29 is 27.9 Å². The van der Waals surface area contributed by atoms with E-state index < -0.39 is 24.7 Å². The number of rotatable bonds is 9. The van der Waals surface area contributed by atoms with Crippen molar-refractivity contribution in [3.8, 4) is 5.75 Å². The van der Waals surface area contributed by atoms with Crippen LogP contribution in [0.1, 0.15) is 23.0 Å². The molecule has 35 heavy (non-hydrogen) atoms. The number of anilines is 1. The van der Waals surface area contributed by atoms with Crippen molar-refractivity contribution >= 4 is 23.4 Å². The number of alkyl halides is 2. The molecule has 3 rings (SSSR count). The van der Waals surface area contributed by atoms with Crippen LogP contribution in [0.15, 0.2) is 42.6 Å². The maximum Gasteiger partial charge on any atom is 0.324 e. The van der Waals surface area contributed by atoms with Gasteiger partial charge in [0.1, 0.15) is 5.75 Å². The van der Waals surface area contributed by atoms with E-state index in [0.29, 0.717) is 30.2 Å². The van der Waals surface area contributed by atoms with E-state index in [9.17, 15) is 23.2 Å². The molecule has 0 spiro atoms. The number of hydrogen-bond acceptors (Lipinski definition) is 6. The number of hydrogen-bond donors (Lipinski definition) is 1. The Bertz CT molecular complexity index is 1030. The van der Waals surface area contributed by atoms with E-state index in [-0.39, 0.29) is 18.1 Å². The van der Waals surface area contributed by atoms with E-state index in [1.807, 2.05) is 11.4 Å². The van der Waals surface area contributed by atoms with Gasteiger partial charge in [0.25, 0.3) is 5.91 Å². The van der Waals surface area contributed by atoms with Crippen LogP contribution in [0, 0.1) is 0 Å². The van der Waals surface area contributed by atoms with E-state index in [1.165, 1.54) is 12.3 Å². The molecule has 1 aliphatic heterocycles. The molecule has 0 aliphatic carbocycles. The van der Waals surface area contributed by atoms with Gasteiger partial charge >= 0.3 is 12.5 Å². The Balaban J connectivity index is 1.75. The summed E-state index contributed by atoms with van der Waals surface area (Å²) in [4.78, 5) is 46.6. The van der Waals surface area contributed by atoms with Crippen LogP contribution in [0.3, 0.4) is 0 Å². The zero-order valence-electron chi connectivity index (χ0n) is 19.7. The molecule has 0 saturated carbocycles. The lowest BCUT2D eigenvalue weighted by Gasteiger charge is -2.37. The minimum atomic E-state index is -3.19. The van der Waals surface area contributed by atoms with Gasteiger partial charge in [0.15, 0.2) is 5.78 Å². The van der Waals surface area contributed by atoms with Crippen molar-refractivity contribution in [2.75, 3.05) is 51.3 Å². The number of nitrogens with one attached hydrogen (secondary N) is 1. The highest BCUT2D eigenvalue weighted by Crippen LogP contribution is 2.24. The first-order chi connectivity index (χ1) is 16.8. The Morgan fingerprint density at radius 2 is 1.89 bits per heavy atom. The molecule has 1 aromatic heterocycles. The standard InChI is InChI=1S/C24H29F2N5O4/c1-3-29-9-11-30(12-10-29)24(34)31(19-5-4-6-20(13-19)35-2)16-18-8-7-17(14-27-18)21(32)15-28-23(33)22(25)26/h4-8,13-14,22H,3,9-12,15-16H2,1-2H3,(H,28,33). The molecular weight excluding hydrogens is 460 g/mol. The first kappa shape index (κ1) is 26.0. The van der Waals surface area contributed by atoms with Crippen molar-refractivity contribution in [2.24, 2.45) is 0 Å². The van der Waals surface area contributed by atoms with Crippen molar-refractivity contribution in [1.29, 1.82) is 0 Å². The number of piperazine rings is 1. The Morgan fingerprint density at radius 1 is 1.14 bits per heavy atom. The zero-order chi connectivity index (χ0) is 25.4. The van der Waals surface area contributed by atoms with Crippen LogP contribution in [-0.2, 0) is 11.3 Å². The third-order valence-electron chi connectivity index (χ3n) is 5.77. The molecule has 11 heteroatoms. The van der Waals surface area contributed by atoms with Crippen LogP contribution >= 0.6 is 0 Å². The molecule has 9 nitrogen and oxygen atoms in total. The number of aromatic nitrogens is 1. The average molecular weight is 490 g/mol. The number of amides is 3. The Labute approximate surface area is 202 Å². The summed E-state index contributed by atoms with van der Waals surface area (Å²) in [6.07, 6.45) is -1.88. The largest absolute Gasteiger partial charge is 0.497 e. The van der Waals surface area contributed by atoms with E-state index in [1.54, 1.807) is 41.2 Å². The lowest BCUT2D eigenvalue weighted by Crippen LogP contribution is -2.52. The van der Waals surface area contributed by atoms with Gasteiger partial charge in [-0.1, -0.05) is 13.0 Å². The molecule has 1 N–H and O–H groups in total.